The Labute approximate surface area is 155 Å². The van der Waals surface area contributed by atoms with E-state index in [1.165, 1.54) is 21.7 Å². The van der Waals surface area contributed by atoms with Gasteiger partial charge >= 0.3 is 0 Å². The number of nitrogens with one attached hydrogen (secondary N) is 1. The van der Waals surface area contributed by atoms with E-state index < -0.39 is 0 Å². The van der Waals surface area contributed by atoms with Crippen LogP contribution < -0.4 is 5.32 Å². The van der Waals surface area contributed by atoms with Crippen molar-refractivity contribution in [3.8, 4) is 0 Å². The van der Waals surface area contributed by atoms with Gasteiger partial charge in [0.25, 0.3) is 0 Å². The number of rotatable bonds is 7. The Morgan fingerprint density at radius 3 is 2.63 bits per heavy atom. The molecular weight excluding hydrogens is 349 g/mol. The minimum absolute atomic E-state index is 0.0135. The molecule has 7 nitrogen and oxygen atoms in total. The maximum Gasteiger partial charge on any atom is 0.244 e. The normalized spacial score (nSPS) is 10.7. The van der Waals surface area contributed by atoms with E-state index in [0.717, 1.165) is 11.1 Å². The Balaban J connectivity index is 1.56. The van der Waals surface area contributed by atoms with Crippen LogP contribution in [0, 0.1) is 5.82 Å². The van der Waals surface area contributed by atoms with Crippen molar-refractivity contribution in [2.24, 2.45) is 0 Å². The second-order valence-electron chi connectivity index (χ2n) is 6.05. The van der Waals surface area contributed by atoms with Gasteiger partial charge in [-0.1, -0.05) is 29.5 Å². The van der Waals surface area contributed by atoms with Gasteiger partial charge in [0, 0.05) is 13.1 Å². The number of likely N-dealkylation sites (N-methyl/N-ethyl adjacent to an activating group) is 1. The predicted molar refractivity (Wildman–Crippen MR) is 98.0 cm³/mol. The van der Waals surface area contributed by atoms with E-state index >= 15 is 0 Å². The van der Waals surface area contributed by atoms with Crippen molar-refractivity contribution in [3.63, 3.8) is 0 Å². The Kier molecular flexibility index (Phi) is 5.75. The van der Waals surface area contributed by atoms with Crippen LogP contribution in [0.2, 0.25) is 0 Å². The van der Waals surface area contributed by atoms with Crippen LogP contribution in [-0.2, 0) is 22.7 Å². The fraction of sp³-hybridized carbons (Fsp3) is 0.263. The molecule has 0 radical (unpaired) electrons. The monoisotopic (exact) mass is 369 g/mol. The van der Waals surface area contributed by atoms with Crippen LogP contribution in [0.1, 0.15) is 12.5 Å². The van der Waals surface area contributed by atoms with E-state index in [-0.39, 0.29) is 37.3 Å². The van der Waals surface area contributed by atoms with Crippen LogP contribution in [0.4, 0.5) is 4.39 Å². The topological polar surface area (TPSA) is 80.1 Å². The molecular formula is C19H20FN5O2. The molecule has 0 atom stereocenters. The van der Waals surface area contributed by atoms with E-state index in [1.54, 1.807) is 12.1 Å². The van der Waals surface area contributed by atoms with Gasteiger partial charge in [-0.05, 0) is 36.8 Å². The van der Waals surface area contributed by atoms with Crippen molar-refractivity contribution in [1.29, 1.82) is 0 Å². The maximum absolute atomic E-state index is 12.9. The zero-order valence-corrected chi connectivity index (χ0v) is 14.9. The SMILES string of the molecule is CCN(CC(=O)NCc1ccc(F)cc1)C(=O)Cn1nnc2ccccc21. The van der Waals surface area contributed by atoms with E-state index in [1.807, 2.05) is 31.2 Å². The zero-order chi connectivity index (χ0) is 19.2. The smallest absolute Gasteiger partial charge is 0.244 e. The molecule has 0 aliphatic carbocycles. The second-order valence-corrected chi connectivity index (χ2v) is 6.05. The molecule has 0 aliphatic heterocycles. The van der Waals surface area contributed by atoms with E-state index in [9.17, 15) is 14.0 Å². The number of halogens is 1. The van der Waals surface area contributed by atoms with Crippen molar-refractivity contribution < 1.29 is 14.0 Å². The molecule has 0 unspecified atom stereocenters. The van der Waals surface area contributed by atoms with Gasteiger partial charge in [0.2, 0.25) is 11.8 Å². The highest BCUT2D eigenvalue weighted by Gasteiger charge is 2.17. The number of carbonyl (C=O) groups excluding carboxylic acids is 2. The summed E-state index contributed by atoms with van der Waals surface area (Å²) < 4.78 is 14.4. The van der Waals surface area contributed by atoms with Crippen molar-refractivity contribution in [2.45, 2.75) is 20.0 Å². The Morgan fingerprint density at radius 2 is 1.89 bits per heavy atom. The Morgan fingerprint density at radius 1 is 1.15 bits per heavy atom. The van der Waals surface area contributed by atoms with Crippen molar-refractivity contribution in [1.82, 2.24) is 25.2 Å². The van der Waals surface area contributed by atoms with Crippen molar-refractivity contribution in [2.75, 3.05) is 13.1 Å². The van der Waals surface area contributed by atoms with E-state index in [0.29, 0.717) is 12.1 Å². The highest BCUT2D eigenvalue weighted by atomic mass is 19.1. The number of fused-ring (bicyclic) bond motifs is 1. The lowest BCUT2D eigenvalue weighted by Crippen LogP contribution is -2.41. The molecule has 0 fully saturated rings. The van der Waals surface area contributed by atoms with E-state index in [4.69, 9.17) is 0 Å². The summed E-state index contributed by atoms with van der Waals surface area (Å²) in [7, 11) is 0. The standard InChI is InChI=1S/C19H20FN5O2/c1-2-24(12-18(26)21-11-14-7-9-15(20)10-8-14)19(27)13-25-17-6-4-3-5-16(17)22-23-25/h3-10H,2,11-13H2,1H3,(H,21,26). The van der Waals surface area contributed by atoms with Gasteiger partial charge in [-0.15, -0.1) is 5.10 Å². The van der Waals surface area contributed by atoms with Gasteiger partial charge in [-0.3, -0.25) is 9.59 Å². The molecule has 27 heavy (non-hydrogen) atoms. The first-order valence-electron chi connectivity index (χ1n) is 8.64. The molecule has 0 aliphatic rings. The third kappa shape index (κ3) is 4.66. The Bertz CT molecular complexity index is 939. The number of aromatic nitrogens is 3. The lowest BCUT2D eigenvalue weighted by atomic mass is 10.2. The summed E-state index contributed by atoms with van der Waals surface area (Å²) in [5, 5.41) is 10.8. The summed E-state index contributed by atoms with van der Waals surface area (Å²) in [6, 6.07) is 13.3. The third-order valence-corrected chi connectivity index (χ3v) is 4.18. The number of amides is 2. The summed E-state index contributed by atoms with van der Waals surface area (Å²) in [6.45, 7) is 2.45. The first kappa shape index (κ1) is 18.5. The lowest BCUT2D eigenvalue weighted by molar-refractivity contribution is -0.136. The first-order valence-corrected chi connectivity index (χ1v) is 8.64. The van der Waals surface area contributed by atoms with Gasteiger partial charge in [-0.25, -0.2) is 9.07 Å². The molecule has 1 N–H and O–H groups in total. The zero-order valence-electron chi connectivity index (χ0n) is 14.9. The van der Waals surface area contributed by atoms with Gasteiger partial charge < -0.3 is 10.2 Å². The molecule has 2 aromatic carbocycles. The molecule has 2 amide bonds. The second kappa shape index (κ2) is 8.39. The summed E-state index contributed by atoms with van der Waals surface area (Å²) in [6.07, 6.45) is 0. The summed E-state index contributed by atoms with van der Waals surface area (Å²) in [5.41, 5.74) is 2.27. The summed E-state index contributed by atoms with van der Waals surface area (Å²) >= 11 is 0. The van der Waals surface area contributed by atoms with Crippen LogP contribution in [0.5, 0.6) is 0 Å². The van der Waals surface area contributed by atoms with E-state index in [2.05, 4.69) is 15.6 Å². The molecule has 1 aromatic heterocycles. The molecule has 140 valence electrons. The van der Waals surface area contributed by atoms with Crippen LogP contribution >= 0.6 is 0 Å². The number of para-hydroxylation sites is 1. The largest absolute Gasteiger partial charge is 0.350 e. The summed E-state index contributed by atoms with van der Waals surface area (Å²) in [5.74, 6) is -0.823. The van der Waals surface area contributed by atoms with Crippen LogP contribution in [0.15, 0.2) is 48.5 Å². The van der Waals surface area contributed by atoms with Crippen molar-refractivity contribution in [3.05, 3.63) is 59.9 Å². The number of carbonyl (C=O) groups is 2. The number of nitrogens with zero attached hydrogens (tertiary/aromatic N) is 4. The predicted octanol–water partition coefficient (Wildman–Crippen LogP) is 1.74. The molecule has 1 heterocycles. The van der Waals surface area contributed by atoms with Gasteiger partial charge in [0.1, 0.15) is 17.9 Å². The molecule has 8 heteroatoms. The molecule has 3 aromatic rings. The van der Waals surface area contributed by atoms with Crippen molar-refractivity contribution >= 4 is 22.8 Å². The number of hydrogen-bond donors (Lipinski definition) is 1. The number of hydrogen-bond acceptors (Lipinski definition) is 4. The first-order chi connectivity index (χ1) is 13.1. The van der Waals surface area contributed by atoms with Crippen LogP contribution in [0.25, 0.3) is 11.0 Å². The highest BCUT2D eigenvalue weighted by Crippen LogP contribution is 2.10. The minimum Gasteiger partial charge on any atom is -0.350 e. The minimum atomic E-state index is -0.325. The van der Waals surface area contributed by atoms with Gasteiger partial charge in [0.15, 0.2) is 0 Å². The molecule has 0 spiro atoms. The lowest BCUT2D eigenvalue weighted by Gasteiger charge is -2.20. The van der Waals surface area contributed by atoms with Crippen LogP contribution in [0.3, 0.4) is 0 Å². The molecule has 0 bridgehead atoms. The van der Waals surface area contributed by atoms with Gasteiger partial charge in [-0.2, -0.15) is 0 Å². The third-order valence-electron chi connectivity index (χ3n) is 4.18. The number of benzene rings is 2. The summed E-state index contributed by atoms with van der Waals surface area (Å²) in [4.78, 5) is 26.2. The molecule has 0 saturated heterocycles. The quantitative estimate of drug-likeness (QED) is 0.688. The molecule has 0 saturated carbocycles. The van der Waals surface area contributed by atoms with Gasteiger partial charge in [0.05, 0.1) is 12.1 Å². The Hall–Kier alpha value is -3.29. The maximum atomic E-state index is 12.9. The van der Waals surface area contributed by atoms with Crippen LogP contribution in [-0.4, -0.2) is 44.8 Å². The molecule has 3 rings (SSSR count). The highest BCUT2D eigenvalue weighted by molar-refractivity contribution is 5.85. The fourth-order valence-electron chi connectivity index (χ4n) is 2.67. The average molecular weight is 369 g/mol. The average Bonchev–Trinajstić information content (AvgIpc) is 3.08. The fourth-order valence-corrected chi connectivity index (χ4v) is 2.67.